The van der Waals surface area contributed by atoms with Gasteiger partial charge in [0.2, 0.25) is 0 Å². The van der Waals surface area contributed by atoms with Gasteiger partial charge in [-0.05, 0) is 59.7 Å². The Morgan fingerprint density at radius 1 is 0.842 bits per heavy atom. The predicted molar refractivity (Wildman–Crippen MR) is 148 cm³/mol. The first-order chi connectivity index (χ1) is 18.4. The number of carbonyl (C=O) groups excluding carboxylic acids is 2. The lowest BCUT2D eigenvalue weighted by Crippen LogP contribution is -2.33. The molecule has 4 rings (SSSR count). The number of nitrogens with one attached hydrogen (secondary N) is 2. The third kappa shape index (κ3) is 6.22. The molecule has 0 radical (unpaired) electrons. The topological polar surface area (TPSA) is 98.2 Å². The molecule has 0 saturated carbocycles. The van der Waals surface area contributed by atoms with Crippen LogP contribution < -0.4 is 25.0 Å². The number of carbonyl (C=O) groups is 2. The number of methoxy groups -OCH3 is 2. The highest BCUT2D eigenvalue weighted by atomic mass is 35.5. The summed E-state index contributed by atoms with van der Waals surface area (Å²) in [4.78, 5) is 24.6. The third-order valence-electron chi connectivity index (χ3n) is 5.79. The van der Waals surface area contributed by atoms with Gasteiger partial charge in [0.15, 0.2) is 11.5 Å². The van der Waals surface area contributed by atoms with E-state index in [-0.39, 0.29) is 5.69 Å². The van der Waals surface area contributed by atoms with E-state index in [1.54, 1.807) is 44.4 Å². The molecule has 38 heavy (non-hydrogen) atoms. The van der Waals surface area contributed by atoms with Crippen LogP contribution in [0.1, 0.15) is 18.1 Å². The van der Waals surface area contributed by atoms with Crippen molar-refractivity contribution in [2.75, 3.05) is 19.5 Å². The number of ether oxygens (including phenoxy) is 3. The Hall–Kier alpha value is -4.56. The molecule has 0 aromatic heterocycles. The molecule has 9 heteroatoms. The van der Waals surface area contributed by atoms with Gasteiger partial charge in [-0.25, -0.2) is 5.43 Å². The zero-order valence-electron chi connectivity index (χ0n) is 21.1. The van der Waals surface area contributed by atoms with Crippen LogP contribution in [-0.4, -0.2) is 31.7 Å². The number of hydrazone groups is 1. The molecule has 194 valence electrons. The molecule has 4 aromatic carbocycles. The Morgan fingerprint density at radius 2 is 1.58 bits per heavy atom. The third-order valence-corrected chi connectivity index (χ3v) is 6.02. The number of rotatable bonds is 8. The van der Waals surface area contributed by atoms with Crippen LogP contribution in [0.5, 0.6) is 17.2 Å². The minimum Gasteiger partial charge on any atom is -0.495 e. The lowest BCUT2D eigenvalue weighted by molar-refractivity contribution is -0.136. The summed E-state index contributed by atoms with van der Waals surface area (Å²) in [5, 5.41) is 9.17. The molecule has 0 heterocycles. The van der Waals surface area contributed by atoms with Crippen LogP contribution in [0.25, 0.3) is 10.8 Å². The quantitative estimate of drug-likeness (QED) is 0.176. The van der Waals surface area contributed by atoms with Crippen LogP contribution in [0, 0.1) is 0 Å². The van der Waals surface area contributed by atoms with Gasteiger partial charge >= 0.3 is 11.8 Å². The first kappa shape index (κ1) is 26.5. The molecule has 2 N–H and O–H groups in total. The molecule has 0 spiro atoms. The van der Waals surface area contributed by atoms with Gasteiger partial charge in [0.1, 0.15) is 12.4 Å². The minimum absolute atomic E-state index is 0.268. The lowest BCUT2D eigenvalue weighted by Gasteiger charge is -2.13. The Balaban J connectivity index is 1.42. The van der Waals surface area contributed by atoms with E-state index in [0.717, 1.165) is 16.3 Å². The molecule has 0 bridgehead atoms. The van der Waals surface area contributed by atoms with Gasteiger partial charge in [-0.3, -0.25) is 9.59 Å². The molecule has 4 aromatic rings. The number of halogens is 1. The summed E-state index contributed by atoms with van der Waals surface area (Å²) in [6.45, 7) is 2.07. The molecule has 0 atom stereocenters. The smallest absolute Gasteiger partial charge is 0.329 e. The van der Waals surface area contributed by atoms with Gasteiger partial charge in [-0.15, -0.1) is 0 Å². The van der Waals surface area contributed by atoms with Crippen molar-refractivity contribution in [2.24, 2.45) is 5.10 Å². The van der Waals surface area contributed by atoms with E-state index in [0.29, 0.717) is 40.2 Å². The summed E-state index contributed by atoms with van der Waals surface area (Å²) in [6.07, 6.45) is 0. The van der Waals surface area contributed by atoms with Crippen LogP contribution in [0.15, 0.2) is 84.0 Å². The van der Waals surface area contributed by atoms with Crippen LogP contribution in [0.3, 0.4) is 0 Å². The van der Waals surface area contributed by atoms with Crippen LogP contribution in [0.2, 0.25) is 5.02 Å². The average molecular weight is 532 g/mol. The van der Waals surface area contributed by atoms with Crippen LogP contribution in [0.4, 0.5) is 5.69 Å². The minimum atomic E-state index is -0.951. The predicted octanol–water partition coefficient (Wildman–Crippen LogP) is 5.57. The fraction of sp³-hybridized carbons (Fsp3) is 0.138. The summed E-state index contributed by atoms with van der Waals surface area (Å²) in [5.74, 6) is -0.430. The van der Waals surface area contributed by atoms with Crippen molar-refractivity contribution in [3.63, 3.8) is 0 Å². The van der Waals surface area contributed by atoms with E-state index in [4.69, 9.17) is 25.8 Å². The average Bonchev–Trinajstić information content (AvgIpc) is 2.94. The Bertz CT molecular complexity index is 1510. The van der Waals surface area contributed by atoms with Gasteiger partial charge in [-0.1, -0.05) is 54.1 Å². The first-order valence-corrected chi connectivity index (χ1v) is 12.0. The van der Waals surface area contributed by atoms with E-state index >= 15 is 0 Å². The molecule has 2 amide bonds. The standard InChI is InChI=1S/C29H26ClN3O5/c1-18(32-33-29(35)28(34)31-24-16-22(30)12-14-25(24)36-2)20-11-13-26(27(15-20)37-3)38-17-21-9-6-8-19-7-4-5-10-23(19)21/h4-16H,17H2,1-3H3,(H,31,34)(H,33,35)/b32-18+. The van der Waals surface area contributed by atoms with Gasteiger partial charge in [0, 0.05) is 10.6 Å². The summed E-state index contributed by atoms with van der Waals surface area (Å²) in [5.41, 5.74) is 4.73. The number of benzene rings is 4. The van der Waals surface area contributed by atoms with Crippen molar-refractivity contribution in [2.45, 2.75) is 13.5 Å². The second-order valence-corrected chi connectivity index (χ2v) is 8.67. The molecule has 0 saturated heterocycles. The van der Waals surface area contributed by atoms with Crippen molar-refractivity contribution < 1.29 is 23.8 Å². The van der Waals surface area contributed by atoms with Crippen LogP contribution >= 0.6 is 11.6 Å². The van der Waals surface area contributed by atoms with Crippen molar-refractivity contribution in [1.29, 1.82) is 0 Å². The largest absolute Gasteiger partial charge is 0.495 e. The Labute approximate surface area is 225 Å². The molecule has 0 aliphatic carbocycles. The van der Waals surface area contributed by atoms with Crippen LogP contribution in [-0.2, 0) is 16.2 Å². The highest BCUT2D eigenvalue weighted by molar-refractivity contribution is 6.40. The van der Waals surface area contributed by atoms with Gasteiger partial charge < -0.3 is 19.5 Å². The maximum absolute atomic E-state index is 12.3. The number of fused-ring (bicyclic) bond motifs is 1. The van der Waals surface area contributed by atoms with Crippen molar-refractivity contribution >= 4 is 45.6 Å². The highest BCUT2D eigenvalue weighted by Crippen LogP contribution is 2.30. The monoisotopic (exact) mass is 531 g/mol. The fourth-order valence-electron chi connectivity index (χ4n) is 3.79. The maximum atomic E-state index is 12.3. The highest BCUT2D eigenvalue weighted by Gasteiger charge is 2.16. The van der Waals surface area contributed by atoms with E-state index < -0.39 is 11.8 Å². The van der Waals surface area contributed by atoms with E-state index in [2.05, 4.69) is 34.0 Å². The maximum Gasteiger partial charge on any atom is 0.329 e. The van der Waals surface area contributed by atoms with E-state index in [1.807, 2.05) is 24.3 Å². The normalized spacial score (nSPS) is 11.1. The van der Waals surface area contributed by atoms with E-state index in [9.17, 15) is 9.59 Å². The fourth-order valence-corrected chi connectivity index (χ4v) is 3.96. The van der Waals surface area contributed by atoms with Gasteiger partial charge in [0.05, 0.1) is 25.6 Å². The summed E-state index contributed by atoms with van der Waals surface area (Å²) >= 11 is 5.97. The molecule has 8 nitrogen and oxygen atoms in total. The molecular weight excluding hydrogens is 506 g/mol. The van der Waals surface area contributed by atoms with Gasteiger partial charge in [0.25, 0.3) is 0 Å². The number of amides is 2. The first-order valence-electron chi connectivity index (χ1n) is 11.7. The number of anilines is 1. The molecule has 0 aliphatic heterocycles. The summed E-state index contributed by atoms with van der Waals surface area (Å²) < 4.78 is 16.8. The second kappa shape index (κ2) is 12.1. The van der Waals surface area contributed by atoms with E-state index in [1.165, 1.54) is 13.2 Å². The number of nitrogens with zero attached hydrogens (tertiary/aromatic N) is 1. The van der Waals surface area contributed by atoms with Crippen molar-refractivity contribution in [1.82, 2.24) is 5.43 Å². The molecule has 0 fully saturated rings. The Morgan fingerprint density at radius 3 is 2.37 bits per heavy atom. The number of hydrogen-bond acceptors (Lipinski definition) is 6. The summed E-state index contributed by atoms with van der Waals surface area (Å²) in [7, 11) is 2.99. The summed E-state index contributed by atoms with van der Waals surface area (Å²) in [6, 6.07) is 24.2. The second-order valence-electron chi connectivity index (χ2n) is 8.23. The van der Waals surface area contributed by atoms with Gasteiger partial charge in [-0.2, -0.15) is 5.10 Å². The molecule has 0 aliphatic rings. The Kier molecular flexibility index (Phi) is 8.45. The lowest BCUT2D eigenvalue weighted by atomic mass is 10.1. The zero-order valence-corrected chi connectivity index (χ0v) is 21.8. The SMILES string of the molecule is COc1ccc(Cl)cc1NC(=O)C(=O)N/N=C(\C)c1ccc(OCc2cccc3ccccc23)c(OC)c1. The number of hydrogen-bond donors (Lipinski definition) is 2. The molecular formula is C29H26ClN3O5. The zero-order chi connectivity index (χ0) is 27.1. The van der Waals surface area contributed by atoms with Crippen molar-refractivity contribution in [3.05, 3.63) is 95.0 Å². The molecule has 0 unspecified atom stereocenters. The van der Waals surface area contributed by atoms with Crippen molar-refractivity contribution in [3.8, 4) is 17.2 Å².